The van der Waals surface area contributed by atoms with Gasteiger partial charge in [0.05, 0.1) is 18.1 Å². The highest BCUT2D eigenvalue weighted by Crippen LogP contribution is 2.08. The average molecular weight is 272 g/mol. The first-order chi connectivity index (χ1) is 3.79. The molecule has 3 N–H and O–H groups in total. The summed E-state index contributed by atoms with van der Waals surface area (Å²) in [5.41, 5.74) is 5.71. The number of aromatic nitrogens is 1. The Hall–Kier alpha value is -0.290. The van der Waals surface area contributed by atoms with Crippen LogP contribution in [0.3, 0.4) is 0 Å². The smallest absolute Gasteiger partial charge is 0.135 e. The van der Waals surface area contributed by atoms with E-state index in [4.69, 9.17) is 10.8 Å². The molecule has 58 valence electrons. The lowest BCUT2D eigenvalue weighted by Gasteiger charge is -1.89. The summed E-state index contributed by atoms with van der Waals surface area (Å²) in [6.07, 6.45) is 2.80. The van der Waals surface area contributed by atoms with Crippen molar-refractivity contribution in [2.75, 3.05) is 5.73 Å². The molecule has 10 heavy (non-hydrogen) atoms. The zero-order chi connectivity index (χ0) is 5.98. The van der Waals surface area contributed by atoms with Crippen molar-refractivity contribution < 1.29 is 5.11 Å². The van der Waals surface area contributed by atoms with Gasteiger partial charge in [0.1, 0.15) is 5.75 Å². The molecule has 0 aromatic carbocycles. The topological polar surface area (TPSA) is 59.1 Å². The third-order valence-corrected chi connectivity index (χ3v) is 0.745. The highest BCUT2D eigenvalue weighted by atomic mass is 79.9. The van der Waals surface area contributed by atoms with Crippen molar-refractivity contribution in [3.63, 3.8) is 0 Å². The van der Waals surface area contributed by atoms with Crippen LogP contribution in [0.5, 0.6) is 5.75 Å². The quantitative estimate of drug-likeness (QED) is 0.752. The summed E-state index contributed by atoms with van der Waals surface area (Å²) >= 11 is 0. The molecule has 0 amide bonds. The van der Waals surface area contributed by atoms with Crippen LogP contribution in [0.2, 0.25) is 0 Å². The fourth-order valence-corrected chi connectivity index (χ4v) is 0.445. The van der Waals surface area contributed by atoms with Crippen LogP contribution in [0.4, 0.5) is 5.69 Å². The van der Waals surface area contributed by atoms with Gasteiger partial charge in [0.25, 0.3) is 0 Å². The SMILES string of the molecule is Br.Br.Nc1cncc(O)c1. The Morgan fingerprint density at radius 3 is 2.20 bits per heavy atom. The van der Waals surface area contributed by atoms with Gasteiger partial charge in [-0.1, -0.05) is 0 Å². The maximum atomic E-state index is 8.67. The zero-order valence-corrected chi connectivity index (χ0v) is 8.45. The van der Waals surface area contributed by atoms with Crippen molar-refractivity contribution in [3.05, 3.63) is 18.5 Å². The molecule has 0 unspecified atom stereocenters. The van der Waals surface area contributed by atoms with Crippen LogP contribution < -0.4 is 5.73 Å². The Bertz CT molecular complexity index is 178. The number of pyridine rings is 1. The summed E-state index contributed by atoms with van der Waals surface area (Å²) in [6, 6.07) is 1.44. The van der Waals surface area contributed by atoms with Crippen LogP contribution >= 0.6 is 34.0 Å². The number of rotatable bonds is 0. The van der Waals surface area contributed by atoms with Gasteiger partial charge in [0.15, 0.2) is 0 Å². The normalized spacial score (nSPS) is 7.20. The Labute approximate surface area is 79.8 Å². The minimum atomic E-state index is 0. The molecule has 3 nitrogen and oxygen atoms in total. The second-order valence-corrected chi connectivity index (χ2v) is 1.48. The van der Waals surface area contributed by atoms with Gasteiger partial charge in [-0.05, 0) is 0 Å². The number of hydrogen-bond donors (Lipinski definition) is 2. The van der Waals surface area contributed by atoms with E-state index in [-0.39, 0.29) is 39.7 Å². The fourth-order valence-electron chi connectivity index (χ4n) is 0.445. The molecular weight excluding hydrogens is 264 g/mol. The predicted molar refractivity (Wildman–Crippen MR) is 51.0 cm³/mol. The van der Waals surface area contributed by atoms with E-state index in [2.05, 4.69) is 4.98 Å². The number of hydrogen-bond acceptors (Lipinski definition) is 3. The van der Waals surface area contributed by atoms with Crippen molar-refractivity contribution in [2.45, 2.75) is 0 Å². The summed E-state index contributed by atoms with van der Waals surface area (Å²) in [5.74, 6) is 0.102. The molecule has 0 spiro atoms. The van der Waals surface area contributed by atoms with Gasteiger partial charge in [-0.15, -0.1) is 34.0 Å². The van der Waals surface area contributed by atoms with E-state index in [1.54, 1.807) is 0 Å². The monoisotopic (exact) mass is 270 g/mol. The van der Waals surface area contributed by atoms with E-state index in [1.165, 1.54) is 18.5 Å². The Balaban J connectivity index is 0. The van der Waals surface area contributed by atoms with E-state index >= 15 is 0 Å². The molecule has 0 aliphatic heterocycles. The number of nitrogens with two attached hydrogens (primary N) is 1. The molecule has 0 aliphatic rings. The number of aromatic hydroxyl groups is 1. The van der Waals surface area contributed by atoms with Gasteiger partial charge in [-0.3, -0.25) is 4.98 Å². The number of nitrogens with zero attached hydrogens (tertiary/aromatic N) is 1. The van der Waals surface area contributed by atoms with Crippen molar-refractivity contribution in [1.82, 2.24) is 4.98 Å². The molecule has 0 atom stereocenters. The molecule has 0 fully saturated rings. The van der Waals surface area contributed by atoms with Gasteiger partial charge < -0.3 is 10.8 Å². The molecular formula is C5H8Br2N2O. The van der Waals surface area contributed by atoms with Crippen LogP contribution in [0.1, 0.15) is 0 Å². The van der Waals surface area contributed by atoms with Gasteiger partial charge in [-0.2, -0.15) is 0 Å². The molecule has 0 bridgehead atoms. The Morgan fingerprint density at radius 2 is 1.90 bits per heavy atom. The third kappa shape index (κ3) is 3.68. The summed E-state index contributed by atoms with van der Waals surface area (Å²) in [4.78, 5) is 3.61. The van der Waals surface area contributed by atoms with Crippen LogP contribution in [0.15, 0.2) is 18.5 Å². The van der Waals surface area contributed by atoms with E-state index in [1.807, 2.05) is 0 Å². The van der Waals surface area contributed by atoms with Gasteiger partial charge in [0.2, 0.25) is 0 Å². The minimum absolute atomic E-state index is 0. The fraction of sp³-hybridized carbons (Fsp3) is 0. The predicted octanol–water partition coefficient (Wildman–Crippen LogP) is 1.53. The van der Waals surface area contributed by atoms with Crippen molar-refractivity contribution in [2.24, 2.45) is 0 Å². The van der Waals surface area contributed by atoms with Crippen molar-refractivity contribution in [3.8, 4) is 5.75 Å². The van der Waals surface area contributed by atoms with Gasteiger partial charge >= 0.3 is 0 Å². The highest BCUT2D eigenvalue weighted by molar-refractivity contribution is 8.93. The maximum absolute atomic E-state index is 8.67. The standard InChI is InChI=1S/C5H6N2O.2BrH/c6-4-1-5(8)3-7-2-4;;/h1-3,8H,6H2;2*1H. The summed E-state index contributed by atoms with van der Waals surface area (Å²) < 4.78 is 0. The zero-order valence-electron chi connectivity index (χ0n) is 5.02. The van der Waals surface area contributed by atoms with Crippen LogP contribution in [0.25, 0.3) is 0 Å². The van der Waals surface area contributed by atoms with Crippen LogP contribution in [0, 0.1) is 0 Å². The lowest BCUT2D eigenvalue weighted by Crippen LogP contribution is -1.83. The van der Waals surface area contributed by atoms with Crippen LogP contribution in [-0.4, -0.2) is 10.1 Å². The van der Waals surface area contributed by atoms with Gasteiger partial charge in [-0.25, -0.2) is 0 Å². The summed E-state index contributed by atoms with van der Waals surface area (Å²) in [7, 11) is 0. The van der Waals surface area contributed by atoms with Crippen LogP contribution in [-0.2, 0) is 0 Å². The highest BCUT2D eigenvalue weighted by Gasteiger charge is 1.84. The Kier molecular flexibility index (Phi) is 6.81. The minimum Gasteiger partial charge on any atom is -0.506 e. The van der Waals surface area contributed by atoms with Crippen molar-refractivity contribution in [1.29, 1.82) is 0 Å². The summed E-state index contributed by atoms with van der Waals surface area (Å²) in [6.45, 7) is 0. The van der Waals surface area contributed by atoms with E-state index < -0.39 is 0 Å². The Morgan fingerprint density at radius 1 is 1.30 bits per heavy atom. The van der Waals surface area contributed by atoms with Crippen molar-refractivity contribution >= 4 is 39.7 Å². The van der Waals surface area contributed by atoms with E-state index in [0.29, 0.717) is 5.69 Å². The number of anilines is 1. The molecule has 1 aromatic heterocycles. The lowest BCUT2D eigenvalue weighted by atomic mass is 10.4. The second kappa shape index (κ2) is 5.49. The molecule has 0 saturated heterocycles. The largest absolute Gasteiger partial charge is 0.506 e. The molecule has 1 aromatic rings. The second-order valence-electron chi connectivity index (χ2n) is 1.48. The van der Waals surface area contributed by atoms with Gasteiger partial charge in [0, 0.05) is 6.07 Å². The third-order valence-electron chi connectivity index (χ3n) is 0.745. The molecule has 0 aliphatic carbocycles. The van der Waals surface area contributed by atoms with E-state index in [9.17, 15) is 0 Å². The molecule has 1 rings (SSSR count). The maximum Gasteiger partial charge on any atom is 0.135 e. The average Bonchev–Trinajstić information content (AvgIpc) is 1.64. The first kappa shape index (κ1) is 12.4. The summed E-state index contributed by atoms with van der Waals surface area (Å²) in [5, 5.41) is 8.67. The molecule has 1 heterocycles. The number of nitrogen functional groups attached to an aromatic ring is 1. The molecule has 0 saturated carbocycles. The number of halogens is 2. The molecule has 0 radical (unpaired) electrons. The first-order valence-electron chi connectivity index (χ1n) is 2.18. The van der Waals surface area contributed by atoms with E-state index in [0.717, 1.165) is 0 Å². The molecule has 5 heteroatoms. The first-order valence-corrected chi connectivity index (χ1v) is 2.18. The lowest BCUT2D eigenvalue weighted by molar-refractivity contribution is 0.473.